The number of tetrazole rings is 1. The largest absolute Gasteiger partial charge is 0.481 e. The third-order valence-electron chi connectivity index (χ3n) is 4.39. The second-order valence-corrected chi connectivity index (χ2v) is 5.52. The molecule has 7 heteroatoms. The van der Waals surface area contributed by atoms with Crippen LogP contribution in [0.15, 0.2) is 0 Å². The van der Waals surface area contributed by atoms with Gasteiger partial charge in [-0.05, 0) is 36.1 Å². The molecule has 1 saturated heterocycles. The lowest BCUT2D eigenvalue weighted by Crippen LogP contribution is -2.41. The second kappa shape index (κ2) is 4.88. The van der Waals surface area contributed by atoms with Crippen molar-refractivity contribution >= 4 is 5.97 Å². The van der Waals surface area contributed by atoms with Gasteiger partial charge in [0.1, 0.15) is 0 Å². The molecule has 1 aliphatic heterocycles. The van der Waals surface area contributed by atoms with E-state index < -0.39 is 11.4 Å². The summed E-state index contributed by atoms with van der Waals surface area (Å²) >= 11 is 0. The van der Waals surface area contributed by atoms with E-state index in [0.29, 0.717) is 38.5 Å². The Morgan fingerprint density at radius 1 is 1.42 bits per heavy atom. The topological polar surface area (TPSA) is 90.1 Å². The predicted molar refractivity (Wildman–Crippen MR) is 64.5 cm³/mol. The highest BCUT2D eigenvalue weighted by molar-refractivity contribution is 5.74. The van der Waals surface area contributed by atoms with Crippen molar-refractivity contribution in [3.63, 3.8) is 0 Å². The highest BCUT2D eigenvalue weighted by Crippen LogP contribution is 2.37. The molecule has 3 rings (SSSR count). The molecule has 1 aliphatic carbocycles. The van der Waals surface area contributed by atoms with Gasteiger partial charge in [-0.2, -0.15) is 0 Å². The summed E-state index contributed by atoms with van der Waals surface area (Å²) in [7, 11) is 0. The Bertz CT molecular complexity index is 463. The highest BCUT2D eigenvalue weighted by atomic mass is 16.5. The zero-order valence-corrected chi connectivity index (χ0v) is 10.8. The van der Waals surface area contributed by atoms with E-state index in [2.05, 4.69) is 15.5 Å². The lowest BCUT2D eigenvalue weighted by molar-refractivity contribution is -0.156. The minimum Gasteiger partial charge on any atom is -0.481 e. The van der Waals surface area contributed by atoms with Crippen LogP contribution in [0.3, 0.4) is 0 Å². The van der Waals surface area contributed by atoms with Crippen LogP contribution in [0, 0.1) is 5.41 Å². The van der Waals surface area contributed by atoms with E-state index in [1.165, 1.54) is 6.42 Å². The fourth-order valence-electron chi connectivity index (χ4n) is 2.77. The van der Waals surface area contributed by atoms with Crippen molar-refractivity contribution in [2.75, 3.05) is 13.2 Å². The summed E-state index contributed by atoms with van der Waals surface area (Å²) in [6, 6.07) is 0. The first-order chi connectivity index (χ1) is 9.21. The maximum atomic E-state index is 11.6. The van der Waals surface area contributed by atoms with Gasteiger partial charge in [-0.3, -0.25) is 4.79 Å². The number of nitrogens with zero attached hydrogens (tertiary/aromatic N) is 4. The second-order valence-electron chi connectivity index (χ2n) is 5.52. The quantitative estimate of drug-likeness (QED) is 0.867. The first kappa shape index (κ1) is 12.5. The number of aliphatic carboxylic acids is 1. The molecule has 7 nitrogen and oxygen atoms in total. The molecule has 1 N–H and O–H groups in total. The van der Waals surface area contributed by atoms with Gasteiger partial charge in [0, 0.05) is 19.1 Å². The van der Waals surface area contributed by atoms with E-state index in [1.54, 1.807) is 4.68 Å². The van der Waals surface area contributed by atoms with Crippen molar-refractivity contribution in [3.05, 3.63) is 5.82 Å². The van der Waals surface area contributed by atoms with Crippen LogP contribution in [0.4, 0.5) is 0 Å². The van der Waals surface area contributed by atoms with E-state index in [1.807, 2.05) is 0 Å². The average molecular weight is 266 g/mol. The van der Waals surface area contributed by atoms with E-state index in [0.717, 1.165) is 18.7 Å². The molecule has 19 heavy (non-hydrogen) atoms. The molecule has 1 saturated carbocycles. The Labute approximate surface area is 110 Å². The van der Waals surface area contributed by atoms with Gasteiger partial charge in [0.15, 0.2) is 5.82 Å². The fraction of sp³-hybridized carbons (Fsp3) is 0.833. The SMILES string of the molecule is O=C(O)C1(Cn2nnnc2C2CCC2)CCOCC1. The molecule has 0 spiro atoms. The molecule has 104 valence electrons. The molecule has 0 bridgehead atoms. The summed E-state index contributed by atoms with van der Waals surface area (Å²) in [6.07, 6.45) is 4.45. The standard InChI is InChI=1S/C12H18N4O3/c17-11(18)12(4-6-19-7-5-12)8-16-10(13-14-15-16)9-2-1-3-9/h9H,1-8H2,(H,17,18). The minimum absolute atomic E-state index is 0.352. The van der Waals surface area contributed by atoms with Crippen LogP contribution in [0.5, 0.6) is 0 Å². The number of aromatic nitrogens is 4. The van der Waals surface area contributed by atoms with Crippen molar-refractivity contribution in [1.29, 1.82) is 0 Å². The van der Waals surface area contributed by atoms with Crippen molar-refractivity contribution < 1.29 is 14.6 Å². The van der Waals surface area contributed by atoms with Gasteiger partial charge in [0.25, 0.3) is 0 Å². The summed E-state index contributed by atoms with van der Waals surface area (Å²) < 4.78 is 6.98. The van der Waals surface area contributed by atoms with Gasteiger partial charge in [-0.1, -0.05) is 6.42 Å². The Hall–Kier alpha value is -1.50. The van der Waals surface area contributed by atoms with Crippen LogP contribution in [0.1, 0.15) is 43.8 Å². The van der Waals surface area contributed by atoms with Crippen LogP contribution in [-0.4, -0.2) is 44.5 Å². The Morgan fingerprint density at radius 2 is 2.16 bits per heavy atom. The normalized spacial score (nSPS) is 22.9. The lowest BCUT2D eigenvalue weighted by Gasteiger charge is -2.33. The van der Waals surface area contributed by atoms with Crippen molar-refractivity contribution in [3.8, 4) is 0 Å². The molecule has 0 unspecified atom stereocenters. The van der Waals surface area contributed by atoms with E-state index in [9.17, 15) is 9.90 Å². The summed E-state index contributed by atoms with van der Waals surface area (Å²) in [5, 5.41) is 21.3. The molecule has 1 aromatic heterocycles. The predicted octanol–water partition coefficient (Wildman–Crippen LogP) is 0.822. The van der Waals surface area contributed by atoms with Crippen molar-refractivity contribution in [1.82, 2.24) is 20.2 Å². The van der Waals surface area contributed by atoms with E-state index in [-0.39, 0.29) is 0 Å². The molecular formula is C12H18N4O3. The maximum Gasteiger partial charge on any atom is 0.311 e. The molecule has 0 aromatic carbocycles. The molecule has 0 amide bonds. The van der Waals surface area contributed by atoms with Crippen LogP contribution in [0.2, 0.25) is 0 Å². The monoisotopic (exact) mass is 266 g/mol. The van der Waals surface area contributed by atoms with Gasteiger partial charge in [-0.25, -0.2) is 4.68 Å². The Kier molecular flexibility index (Phi) is 3.22. The van der Waals surface area contributed by atoms with Crippen LogP contribution in [-0.2, 0) is 16.1 Å². The van der Waals surface area contributed by atoms with Gasteiger partial charge >= 0.3 is 5.97 Å². The minimum atomic E-state index is -0.786. The van der Waals surface area contributed by atoms with Crippen LogP contribution < -0.4 is 0 Å². The van der Waals surface area contributed by atoms with Gasteiger partial charge in [0.05, 0.1) is 12.0 Å². The van der Waals surface area contributed by atoms with E-state index in [4.69, 9.17) is 4.74 Å². The van der Waals surface area contributed by atoms with Crippen molar-refractivity contribution in [2.45, 2.75) is 44.6 Å². The number of ether oxygens (including phenoxy) is 1. The van der Waals surface area contributed by atoms with E-state index >= 15 is 0 Å². The molecule has 2 aliphatic rings. The number of carbonyl (C=O) groups is 1. The molecule has 2 fully saturated rings. The average Bonchev–Trinajstić information content (AvgIpc) is 2.76. The van der Waals surface area contributed by atoms with Gasteiger partial charge in [0.2, 0.25) is 0 Å². The van der Waals surface area contributed by atoms with Crippen LogP contribution in [0.25, 0.3) is 0 Å². The smallest absolute Gasteiger partial charge is 0.311 e. The first-order valence-corrected chi connectivity index (χ1v) is 6.78. The Balaban J connectivity index is 1.81. The molecule has 0 radical (unpaired) electrons. The van der Waals surface area contributed by atoms with Gasteiger partial charge in [-0.15, -0.1) is 5.10 Å². The highest BCUT2D eigenvalue weighted by Gasteiger charge is 2.42. The first-order valence-electron chi connectivity index (χ1n) is 6.78. The number of carboxylic acid groups (broad SMARTS) is 1. The summed E-state index contributed by atoms with van der Waals surface area (Å²) in [5.41, 5.74) is -0.786. The van der Waals surface area contributed by atoms with Crippen LogP contribution >= 0.6 is 0 Å². The molecule has 2 heterocycles. The molecule has 1 aromatic rings. The number of hydrogen-bond acceptors (Lipinski definition) is 5. The summed E-state index contributed by atoms with van der Waals surface area (Å²) in [4.78, 5) is 11.6. The zero-order chi connectivity index (χ0) is 13.3. The Morgan fingerprint density at radius 3 is 2.74 bits per heavy atom. The number of carboxylic acids is 1. The van der Waals surface area contributed by atoms with Crippen molar-refractivity contribution in [2.24, 2.45) is 5.41 Å². The number of hydrogen-bond donors (Lipinski definition) is 1. The fourth-order valence-corrected chi connectivity index (χ4v) is 2.77. The summed E-state index contributed by atoms with van der Waals surface area (Å²) in [5.74, 6) is 0.477. The lowest BCUT2D eigenvalue weighted by atomic mass is 9.79. The third kappa shape index (κ3) is 2.22. The zero-order valence-electron chi connectivity index (χ0n) is 10.8. The molecule has 0 atom stereocenters. The number of rotatable bonds is 4. The third-order valence-corrected chi connectivity index (χ3v) is 4.39. The molecular weight excluding hydrogens is 248 g/mol. The maximum absolute atomic E-state index is 11.6. The summed E-state index contributed by atoms with van der Waals surface area (Å²) in [6.45, 7) is 1.34. The van der Waals surface area contributed by atoms with Gasteiger partial charge < -0.3 is 9.84 Å².